The lowest BCUT2D eigenvalue weighted by molar-refractivity contribution is -0.138. The highest BCUT2D eigenvalue weighted by Crippen LogP contribution is 2.20. The summed E-state index contributed by atoms with van der Waals surface area (Å²) in [6.45, 7) is 5.04. The van der Waals surface area contributed by atoms with Crippen LogP contribution in [0.5, 0.6) is 0 Å². The van der Waals surface area contributed by atoms with E-state index in [-0.39, 0.29) is 6.54 Å². The Balaban J connectivity index is 1.80. The first-order valence-corrected chi connectivity index (χ1v) is 7.99. The van der Waals surface area contributed by atoms with Crippen molar-refractivity contribution in [1.29, 1.82) is 0 Å². The van der Waals surface area contributed by atoms with Gasteiger partial charge in [-0.3, -0.25) is 14.7 Å². The number of nitrogens with zero attached hydrogens (tertiary/aromatic N) is 6. The molecule has 0 atom stereocenters. The first kappa shape index (κ1) is 16.3. The van der Waals surface area contributed by atoms with Gasteiger partial charge in [0.1, 0.15) is 11.5 Å². The minimum Gasteiger partial charge on any atom is -0.480 e. The van der Waals surface area contributed by atoms with Crippen molar-refractivity contribution < 1.29 is 9.90 Å². The molecule has 24 heavy (non-hydrogen) atoms. The van der Waals surface area contributed by atoms with Gasteiger partial charge in [-0.1, -0.05) is 6.92 Å². The van der Waals surface area contributed by atoms with E-state index in [2.05, 4.69) is 31.8 Å². The third-order valence-electron chi connectivity index (χ3n) is 3.98. The van der Waals surface area contributed by atoms with E-state index in [1.807, 2.05) is 11.0 Å². The van der Waals surface area contributed by atoms with Crippen molar-refractivity contribution in [2.45, 2.75) is 13.3 Å². The number of carbonyl (C=O) groups is 1. The lowest BCUT2D eigenvalue weighted by Gasteiger charge is -2.34. The third-order valence-corrected chi connectivity index (χ3v) is 3.98. The molecule has 1 fully saturated rings. The maximum Gasteiger partial charge on any atom is 0.317 e. The predicted molar refractivity (Wildman–Crippen MR) is 88.7 cm³/mol. The topological polar surface area (TPSA) is 95.3 Å². The SMILES string of the molecule is CCc1cc(N2CCN(CC(=O)O)CC2)nc(-c2cnccn2)n1. The zero-order chi connectivity index (χ0) is 16.9. The van der Waals surface area contributed by atoms with Gasteiger partial charge in [0.2, 0.25) is 0 Å². The van der Waals surface area contributed by atoms with Gasteiger partial charge < -0.3 is 10.0 Å². The van der Waals surface area contributed by atoms with Crippen LogP contribution in [0.1, 0.15) is 12.6 Å². The summed E-state index contributed by atoms with van der Waals surface area (Å²) in [5.74, 6) is 0.645. The molecule has 0 aliphatic carbocycles. The van der Waals surface area contributed by atoms with Crippen LogP contribution in [-0.4, -0.2) is 68.6 Å². The molecule has 0 bridgehead atoms. The molecule has 0 unspecified atom stereocenters. The number of carboxylic acids is 1. The molecule has 1 N–H and O–H groups in total. The number of hydrogen-bond donors (Lipinski definition) is 1. The number of rotatable bonds is 5. The summed E-state index contributed by atoms with van der Waals surface area (Å²) in [7, 11) is 0. The summed E-state index contributed by atoms with van der Waals surface area (Å²) in [5, 5.41) is 8.89. The quantitative estimate of drug-likeness (QED) is 0.857. The molecule has 0 aromatic carbocycles. The average Bonchev–Trinajstić information content (AvgIpc) is 2.62. The van der Waals surface area contributed by atoms with E-state index in [9.17, 15) is 4.79 Å². The number of aryl methyl sites for hydroxylation is 1. The van der Waals surface area contributed by atoms with Crippen LogP contribution in [0.25, 0.3) is 11.5 Å². The second-order valence-corrected chi connectivity index (χ2v) is 5.64. The zero-order valence-corrected chi connectivity index (χ0v) is 13.6. The fourth-order valence-electron chi connectivity index (χ4n) is 2.68. The van der Waals surface area contributed by atoms with Crippen molar-refractivity contribution in [2.75, 3.05) is 37.6 Å². The molecule has 1 aliphatic heterocycles. The molecule has 1 aliphatic rings. The summed E-state index contributed by atoms with van der Waals surface area (Å²) in [6, 6.07) is 1.99. The number of hydrogen-bond acceptors (Lipinski definition) is 7. The van der Waals surface area contributed by atoms with E-state index >= 15 is 0 Å². The molecule has 0 radical (unpaired) electrons. The minimum absolute atomic E-state index is 0.0860. The van der Waals surface area contributed by atoms with Crippen LogP contribution in [0.3, 0.4) is 0 Å². The Kier molecular flexibility index (Phi) is 4.95. The average molecular weight is 328 g/mol. The maximum absolute atomic E-state index is 10.8. The van der Waals surface area contributed by atoms with Crippen molar-refractivity contribution in [3.63, 3.8) is 0 Å². The Morgan fingerprint density at radius 3 is 2.62 bits per heavy atom. The van der Waals surface area contributed by atoms with Gasteiger partial charge in [0.25, 0.3) is 0 Å². The van der Waals surface area contributed by atoms with E-state index in [1.165, 1.54) is 0 Å². The maximum atomic E-state index is 10.8. The number of aliphatic carboxylic acids is 1. The summed E-state index contributed by atoms with van der Waals surface area (Å²) in [6.07, 6.45) is 5.71. The molecule has 126 valence electrons. The van der Waals surface area contributed by atoms with Crippen LogP contribution in [0, 0.1) is 0 Å². The molecule has 2 aromatic rings. The van der Waals surface area contributed by atoms with Crippen molar-refractivity contribution in [3.8, 4) is 11.5 Å². The second-order valence-electron chi connectivity index (χ2n) is 5.64. The van der Waals surface area contributed by atoms with Crippen LogP contribution in [0.2, 0.25) is 0 Å². The Morgan fingerprint density at radius 1 is 1.21 bits per heavy atom. The molecule has 0 spiro atoms. The monoisotopic (exact) mass is 328 g/mol. The molecular formula is C16H20N6O2. The molecular weight excluding hydrogens is 308 g/mol. The van der Waals surface area contributed by atoms with Gasteiger partial charge >= 0.3 is 5.97 Å². The van der Waals surface area contributed by atoms with Crippen LogP contribution in [0.4, 0.5) is 5.82 Å². The number of carboxylic acid groups (broad SMARTS) is 1. The fraction of sp³-hybridized carbons (Fsp3) is 0.438. The van der Waals surface area contributed by atoms with E-state index in [1.54, 1.807) is 18.6 Å². The smallest absolute Gasteiger partial charge is 0.317 e. The largest absolute Gasteiger partial charge is 0.480 e. The molecule has 0 saturated carbocycles. The van der Waals surface area contributed by atoms with Crippen molar-refractivity contribution in [2.24, 2.45) is 0 Å². The van der Waals surface area contributed by atoms with E-state index < -0.39 is 5.97 Å². The molecule has 8 heteroatoms. The summed E-state index contributed by atoms with van der Waals surface area (Å²) < 4.78 is 0. The van der Waals surface area contributed by atoms with Gasteiger partial charge in [-0.25, -0.2) is 15.0 Å². The standard InChI is InChI=1S/C16H20N6O2/c1-2-12-9-14(20-16(19-12)13-10-17-3-4-18-13)22-7-5-21(6-8-22)11-15(23)24/h3-4,9-10H,2,5-8,11H2,1H3,(H,23,24). The molecule has 0 amide bonds. The van der Waals surface area contributed by atoms with E-state index in [0.717, 1.165) is 31.0 Å². The van der Waals surface area contributed by atoms with Crippen LogP contribution in [0.15, 0.2) is 24.7 Å². The first-order valence-electron chi connectivity index (χ1n) is 7.99. The predicted octanol–water partition coefficient (Wildman–Crippen LogP) is 0.703. The second kappa shape index (κ2) is 7.31. The van der Waals surface area contributed by atoms with Crippen LogP contribution in [-0.2, 0) is 11.2 Å². The third kappa shape index (κ3) is 3.83. The highest BCUT2D eigenvalue weighted by atomic mass is 16.4. The normalized spacial score (nSPS) is 15.5. The lowest BCUT2D eigenvalue weighted by atomic mass is 10.2. The highest BCUT2D eigenvalue weighted by molar-refractivity contribution is 5.69. The summed E-state index contributed by atoms with van der Waals surface area (Å²) >= 11 is 0. The Labute approximate surface area is 140 Å². The van der Waals surface area contributed by atoms with Crippen LogP contribution < -0.4 is 4.90 Å². The number of aromatic nitrogens is 4. The molecule has 8 nitrogen and oxygen atoms in total. The highest BCUT2D eigenvalue weighted by Gasteiger charge is 2.21. The van der Waals surface area contributed by atoms with Gasteiger partial charge in [-0.05, 0) is 6.42 Å². The van der Waals surface area contributed by atoms with Gasteiger partial charge in [-0.15, -0.1) is 0 Å². The molecule has 2 aromatic heterocycles. The van der Waals surface area contributed by atoms with Crippen molar-refractivity contribution in [3.05, 3.63) is 30.4 Å². The fourth-order valence-corrected chi connectivity index (χ4v) is 2.68. The Bertz CT molecular complexity index is 701. The summed E-state index contributed by atoms with van der Waals surface area (Å²) in [5.41, 5.74) is 1.60. The van der Waals surface area contributed by atoms with Gasteiger partial charge in [0.15, 0.2) is 5.82 Å². The molecule has 1 saturated heterocycles. The van der Waals surface area contributed by atoms with Crippen molar-refractivity contribution >= 4 is 11.8 Å². The number of piperazine rings is 1. The van der Waals surface area contributed by atoms with E-state index in [0.29, 0.717) is 24.6 Å². The van der Waals surface area contributed by atoms with Gasteiger partial charge in [0.05, 0.1) is 12.7 Å². The van der Waals surface area contributed by atoms with Crippen LogP contribution >= 0.6 is 0 Å². The molecule has 3 rings (SSSR count). The minimum atomic E-state index is -0.788. The summed E-state index contributed by atoms with van der Waals surface area (Å²) in [4.78, 5) is 32.5. The number of anilines is 1. The zero-order valence-electron chi connectivity index (χ0n) is 13.6. The molecule has 3 heterocycles. The van der Waals surface area contributed by atoms with E-state index in [4.69, 9.17) is 5.11 Å². The lowest BCUT2D eigenvalue weighted by Crippen LogP contribution is -2.48. The Hall–Kier alpha value is -2.61. The Morgan fingerprint density at radius 2 is 2.00 bits per heavy atom. The van der Waals surface area contributed by atoms with Crippen molar-refractivity contribution in [1.82, 2.24) is 24.8 Å². The van der Waals surface area contributed by atoms with Gasteiger partial charge in [0, 0.05) is 50.3 Å². The van der Waals surface area contributed by atoms with Gasteiger partial charge in [-0.2, -0.15) is 0 Å². The first-order chi connectivity index (χ1) is 11.7.